The second kappa shape index (κ2) is 5.50. The van der Waals surface area contributed by atoms with Gasteiger partial charge in [-0.1, -0.05) is 0 Å². The number of aliphatic hydroxyl groups is 1. The quantitative estimate of drug-likeness (QED) is 0.444. The number of hydrogen-bond donors (Lipinski definition) is 2. The van der Waals surface area contributed by atoms with Crippen LogP contribution in [-0.2, 0) is 19.1 Å². The molecule has 2 N–H and O–H groups in total. The summed E-state index contributed by atoms with van der Waals surface area (Å²) in [5, 5.41) is 17.4. The maximum atomic E-state index is 10.4. The van der Waals surface area contributed by atoms with Crippen LogP contribution < -0.4 is 0 Å². The van der Waals surface area contributed by atoms with Gasteiger partial charge < -0.3 is 19.7 Å². The fourth-order valence-corrected chi connectivity index (χ4v) is 0.607. The van der Waals surface area contributed by atoms with E-state index in [0.717, 1.165) is 0 Å². The van der Waals surface area contributed by atoms with Crippen molar-refractivity contribution < 1.29 is 29.3 Å². The van der Waals surface area contributed by atoms with Gasteiger partial charge in [0.05, 0.1) is 6.10 Å². The van der Waals surface area contributed by atoms with Gasteiger partial charge in [0.15, 0.2) is 12.9 Å². The lowest BCUT2D eigenvalue weighted by Crippen LogP contribution is -2.35. The van der Waals surface area contributed by atoms with Gasteiger partial charge in [-0.25, -0.2) is 4.79 Å². The monoisotopic (exact) mass is 192 g/mol. The molecule has 0 aliphatic rings. The van der Waals surface area contributed by atoms with Gasteiger partial charge in [0.1, 0.15) is 0 Å². The number of carboxylic acid groups (broad SMARTS) is 1. The first-order chi connectivity index (χ1) is 5.95. The summed E-state index contributed by atoms with van der Waals surface area (Å²) in [7, 11) is 0. The molecule has 0 fully saturated rings. The van der Waals surface area contributed by atoms with Gasteiger partial charge in [-0.3, -0.25) is 4.79 Å². The Bertz CT molecular complexity index is 187. The molecule has 0 spiro atoms. The summed E-state index contributed by atoms with van der Waals surface area (Å²) in [6, 6.07) is 0. The maximum Gasteiger partial charge on any atom is 0.335 e. The molecular weight excluding hydrogens is 180 g/mol. The molecule has 0 aromatic heterocycles. The van der Waals surface area contributed by atoms with Gasteiger partial charge in [0, 0.05) is 6.92 Å². The van der Waals surface area contributed by atoms with Crippen molar-refractivity contribution in [2.75, 3.05) is 6.79 Å². The normalized spacial score (nSPS) is 14.7. The molecule has 0 saturated carbocycles. The predicted octanol–water partition coefficient (Wildman–Crippen LogP) is -0.642. The molecule has 2 atom stereocenters. The van der Waals surface area contributed by atoms with Crippen LogP contribution >= 0.6 is 0 Å². The third-order valence-electron chi connectivity index (χ3n) is 1.19. The highest BCUT2D eigenvalue weighted by molar-refractivity contribution is 5.73. The number of carbonyl (C=O) groups excluding carboxylic acids is 1. The minimum Gasteiger partial charge on any atom is -0.479 e. The second-order valence-corrected chi connectivity index (χ2v) is 2.42. The maximum absolute atomic E-state index is 10.4. The van der Waals surface area contributed by atoms with E-state index >= 15 is 0 Å². The van der Waals surface area contributed by atoms with E-state index in [2.05, 4.69) is 9.47 Å². The predicted molar refractivity (Wildman–Crippen MR) is 40.8 cm³/mol. The average Bonchev–Trinajstić information content (AvgIpc) is 1.95. The zero-order valence-electron chi connectivity index (χ0n) is 7.39. The first kappa shape index (κ1) is 11.9. The molecule has 0 bridgehead atoms. The molecule has 0 aromatic carbocycles. The van der Waals surface area contributed by atoms with Crippen LogP contribution in [0.15, 0.2) is 0 Å². The fourth-order valence-electron chi connectivity index (χ4n) is 0.607. The smallest absolute Gasteiger partial charge is 0.335 e. The SMILES string of the molecule is CC(=O)OCOC(C(=O)O)C(C)O. The third-order valence-corrected chi connectivity index (χ3v) is 1.19. The van der Waals surface area contributed by atoms with Crippen LogP contribution in [0.4, 0.5) is 0 Å². The summed E-state index contributed by atoms with van der Waals surface area (Å²) < 4.78 is 8.92. The van der Waals surface area contributed by atoms with E-state index in [0.29, 0.717) is 0 Å². The van der Waals surface area contributed by atoms with Crippen LogP contribution in [0, 0.1) is 0 Å². The highest BCUT2D eigenvalue weighted by atomic mass is 16.7. The molecule has 0 heterocycles. The minimum atomic E-state index is -1.38. The summed E-state index contributed by atoms with van der Waals surface area (Å²) in [6.45, 7) is 1.96. The number of aliphatic carboxylic acids is 1. The van der Waals surface area contributed by atoms with Crippen molar-refractivity contribution in [2.24, 2.45) is 0 Å². The molecule has 0 aliphatic carbocycles. The van der Waals surface area contributed by atoms with Gasteiger partial charge in [0.25, 0.3) is 0 Å². The van der Waals surface area contributed by atoms with Crippen molar-refractivity contribution in [1.82, 2.24) is 0 Å². The van der Waals surface area contributed by atoms with Gasteiger partial charge >= 0.3 is 11.9 Å². The number of carbonyl (C=O) groups is 2. The Labute approximate surface area is 75.1 Å². The molecular formula is C7H12O6. The Hall–Kier alpha value is -1.14. The van der Waals surface area contributed by atoms with E-state index in [-0.39, 0.29) is 0 Å². The Kier molecular flexibility index (Phi) is 5.01. The third kappa shape index (κ3) is 5.15. The summed E-state index contributed by atoms with van der Waals surface area (Å²) in [5.74, 6) is -1.88. The Balaban J connectivity index is 3.84. The zero-order valence-corrected chi connectivity index (χ0v) is 7.39. The molecule has 0 aliphatic heterocycles. The largest absolute Gasteiger partial charge is 0.479 e. The molecule has 6 heteroatoms. The minimum absolute atomic E-state index is 0.475. The van der Waals surface area contributed by atoms with Crippen molar-refractivity contribution in [2.45, 2.75) is 26.1 Å². The Morgan fingerprint density at radius 3 is 2.31 bits per heavy atom. The number of hydrogen-bond acceptors (Lipinski definition) is 5. The molecule has 0 saturated heterocycles. The fraction of sp³-hybridized carbons (Fsp3) is 0.714. The van der Waals surface area contributed by atoms with Gasteiger partial charge in [0.2, 0.25) is 0 Å². The molecule has 0 rings (SSSR count). The standard InChI is InChI=1S/C7H12O6/c1-4(8)6(7(10)11)13-3-12-5(2)9/h4,6,8H,3H2,1-2H3,(H,10,11). The lowest BCUT2D eigenvalue weighted by atomic mass is 10.2. The second-order valence-electron chi connectivity index (χ2n) is 2.42. The summed E-state index contributed by atoms with van der Waals surface area (Å²) >= 11 is 0. The Morgan fingerprint density at radius 1 is 1.46 bits per heavy atom. The number of ether oxygens (including phenoxy) is 2. The molecule has 0 amide bonds. The number of rotatable bonds is 5. The number of aliphatic hydroxyl groups excluding tert-OH is 1. The van der Waals surface area contributed by atoms with Crippen LogP contribution in [0.3, 0.4) is 0 Å². The van der Waals surface area contributed by atoms with Gasteiger partial charge in [-0.05, 0) is 6.92 Å². The van der Waals surface area contributed by atoms with Crippen molar-refractivity contribution in [3.05, 3.63) is 0 Å². The average molecular weight is 192 g/mol. The van der Waals surface area contributed by atoms with Crippen molar-refractivity contribution in [3.63, 3.8) is 0 Å². The van der Waals surface area contributed by atoms with Crippen molar-refractivity contribution >= 4 is 11.9 Å². The molecule has 2 unspecified atom stereocenters. The van der Waals surface area contributed by atoms with Crippen LogP contribution in [-0.4, -0.2) is 41.2 Å². The zero-order chi connectivity index (χ0) is 10.4. The number of carboxylic acids is 1. The van der Waals surface area contributed by atoms with Crippen molar-refractivity contribution in [1.29, 1.82) is 0 Å². The highest BCUT2D eigenvalue weighted by Gasteiger charge is 2.23. The van der Waals surface area contributed by atoms with Crippen LogP contribution in [0.1, 0.15) is 13.8 Å². The lowest BCUT2D eigenvalue weighted by molar-refractivity contribution is -0.179. The van der Waals surface area contributed by atoms with Crippen LogP contribution in [0.25, 0.3) is 0 Å². The molecule has 0 radical (unpaired) electrons. The van der Waals surface area contributed by atoms with E-state index in [1.54, 1.807) is 0 Å². The van der Waals surface area contributed by atoms with E-state index in [9.17, 15) is 9.59 Å². The van der Waals surface area contributed by atoms with Crippen LogP contribution in [0.5, 0.6) is 0 Å². The number of esters is 1. The van der Waals surface area contributed by atoms with Crippen molar-refractivity contribution in [3.8, 4) is 0 Å². The first-order valence-corrected chi connectivity index (χ1v) is 3.61. The van der Waals surface area contributed by atoms with Gasteiger partial charge in [-0.15, -0.1) is 0 Å². The molecule has 0 aromatic rings. The summed E-state index contributed by atoms with van der Waals surface area (Å²) in [5.41, 5.74) is 0. The molecule has 6 nitrogen and oxygen atoms in total. The Morgan fingerprint density at radius 2 is 2.00 bits per heavy atom. The van der Waals surface area contributed by atoms with E-state index in [1.165, 1.54) is 13.8 Å². The first-order valence-electron chi connectivity index (χ1n) is 3.61. The summed E-state index contributed by atoms with van der Waals surface area (Å²) in [4.78, 5) is 20.6. The lowest BCUT2D eigenvalue weighted by Gasteiger charge is -2.15. The summed E-state index contributed by atoms with van der Waals surface area (Å²) in [6.07, 6.45) is -2.53. The van der Waals surface area contributed by atoms with Gasteiger partial charge in [-0.2, -0.15) is 0 Å². The topological polar surface area (TPSA) is 93.1 Å². The van der Waals surface area contributed by atoms with E-state index < -0.39 is 30.9 Å². The molecule has 76 valence electrons. The highest BCUT2D eigenvalue weighted by Crippen LogP contribution is 1.99. The molecule has 13 heavy (non-hydrogen) atoms. The van der Waals surface area contributed by atoms with E-state index in [4.69, 9.17) is 10.2 Å². The van der Waals surface area contributed by atoms with E-state index in [1.807, 2.05) is 0 Å². The van der Waals surface area contributed by atoms with Crippen LogP contribution in [0.2, 0.25) is 0 Å².